The van der Waals surface area contributed by atoms with Crippen LogP contribution in [0.15, 0.2) is 17.1 Å². The molecule has 2 aromatic rings. The van der Waals surface area contributed by atoms with Crippen LogP contribution in [0.25, 0.3) is 10.9 Å². The van der Waals surface area contributed by atoms with Gasteiger partial charge in [-0.1, -0.05) is 0 Å². The molecule has 0 spiro atoms. The van der Waals surface area contributed by atoms with Crippen molar-refractivity contribution >= 4 is 22.6 Å². The van der Waals surface area contributed by atoms with E-state index in [1.54, 1.807) is 6.92 Å². The minimum Gasteiger partial charge on any atom is -0.477 e. The van der Waals surface area contributed by atoms with Gasteiger partial charge in [-0.15, -0.1) is 0 Å². The number of fused-ring (bicyclic) bond motifs is 1. The predicted molar refractivity (Wildman–Crippen MR) is 102 cm³/mol. The lowest BCUT2D eigenvalue weighted by Crippen LogP contribution is -2.31. The first-order valence-corrected chi connectivity index (χ1v) is 9.73. The van der Waals surface area contributed by atoms with Gasteiger partial charge in [-0.3, -0.25) is 4.79 Å². The molecule has 0 unspecified atom stereocenters. The van der Waals surface area contributed by atoms with Gasteiger partial charge in [0.1, 0.15) is 16.9 Å². The van der Waals surface area contributed by atoms with E-state index < -0.39 is 51.1 Å². The summed E-state index contributed by atoms with van der Waals surface area (Å²) in [4.78, 5) is 25.4. The minimum absolute atomic E-state index is 0.0822. The van der Waals surface area contributed by atoms with E-state index in [9.17, 15) is 27.9 Å². The molecule has 30 heavy (non-hydrogen) atoms. The highest BCUT2D eigenvalue weighted by molar-refractivity contribution is 5.95. The number of pyridine rings is 1. The number of nitrogens with two attached hydrogens (primary N) is 1. The fourth-order valence-corrected chi connectivity index (χ4v) is 4.27. The van der Waals surface area contributed by atoms with E-state index in [0.29, 0.717) is 19.3 Å². The molecule has 3 N–H and O–H groups in total. The average Bonchev–Trinajstić information content (AvgIpc) is 3.36. The van der Waals surface area contributed by atoms with Gasteiger partial charge in [0.15, 0.2) is 0 Å². The predicted octanol–water partition coefficient (Wildman–Crippen LogP) is 3.37. The second-order valence-corrected chi connectivity index (χ2v) is 8.15. The molecule has 1 saturated heterocycles. The number of rotatable bonds is 4. The maximum atomic E-state index is 15.1. The van der Waals surface area contributed by atoms with Crippen LogP contribution in [-0.4, -0.2) is 34.8 Å². The summed E-state index contributed by atoms with van der Waals surface area (Å²) in [5.74, 6) is -2.84. The first-order chi connectivity index (χ1) is 14.0. The number of hydrogen-bond donors (Lipinski definition) is 2. The van der Waals surface area contributed by atoms with E-state index in [2.05, 4.69) is 0 Å². The Bertz CT molecular complexity index is 1090. The maximum absolute atomic E-state index is 15.1. The highest BCUT2D eigenvalue weighted by Crippen LogP contribution is 2.46. The molecule has 4 rings (SSSR count). The Labute approximate surface area is 168 Å². The molecule has 1 saturated carbocycles. The number of aromatic carboxylic acids is 1. The molecule has 0 bridgehead atoms. The lowest BCUT2D eigenvalue weighted by atomic mass is 10.0. The summed E-state index contributed by atoms with van der Waals surface area (Å²) in [5, 5.41) is 8.74. The first-order valence-electron chi connectivity index (χ1n) is 9.73. The Morgan fingerprint density at radius 3 is 2.47 bits per heavy atom. The maximum Gasteiger partial charge on any atom is 0.420 e. The van der Waals surface area contributed by atoms with Crippen molar-refractivity contribution in [3.63, 3.8) is 0 Å². The molecule has 1 aliphatic carbocycles. The quantitative estimate of drug-likeness (QED) is 0.731. The van der Waals surface area contributed by atoms with Crippen molar-refractivity contribution in [2.45, 2.75) is 44.4 Å². The van der Waals surface area contributed by atoms with E-state index in [1.807, 2.05) is 0 Å². The van der Waals surface area contributed by atoms with Crippen LogP contribution in [0.3, 0.4) is 0 Å². The van der Waals surface area contributed by atoms with Crippen molar-refractivity contribution in [1.82, 2.24) is 4.57 Å². The number of nitrogens with zero attached hydrogens (tertiary/aromatic N) is 2. The highest BCUT2D eigenvalue weighted by Gasteiger charge is 2.43. The molecule has 1 aromatic heterocycles. The largest absolute Gasteiger partial charge is 0.477 e. The molecule has 10 heteroatoms. The SMILES string of the molecule is C[C@@H](N)[C@@H]1CCN(c2c(F)cc3c(=O)c(C(=O)O)cn(C4CC4)c3c2C(F)(F)F)C1. The van der Waals surface area contributed by atoms with E-state index in [0.717, 1.165) is 12.3 Å². The van der Waals surface area contributed by atoms with Crippen LogP contribution in [-0.2, 0) is 6.18 Å². The average molecular weight is 427 g/mol. The second-order valence-electron chi connectivity index (χ2n) is 8.15. The smallest absolute Gasteiger partial charge is 0.420 e. The van der Waals surface area contributed by atoms with Crippen LogP contribution in [0, 0.1) is 11.7 Å². The molecule has 2 fully saturated rings. The monoisotopic (exact) mass is 427 g/mol. The van der Waals surface area contributed by atoms with Gasteiger partial charge < -0.3 is 20.3 Å². The highest BCUT2D eigenvalue weighted by atomic mass is 19.4. The van der Waals surface area contributed by atoms with Gasteiger partial charge in [-0.25, -0.2) is 9.18 Å². The third kappa shape index (κ3) is 3.32. The van der Waals surface area contributed by atoms with Gasteiger partial charge in [-0.05, 0) is 38.2 Å². The number of carbonyl (C=O) groups is 1. The zero-order valence-corrected chi connectivity index (χ0v) is 16.2. The molecular weight excluding hydrogens is 406 g/mol. The summed E-state index contributed by atoms with van der Waals surface area (Å²) < 4.78 is 59.1. The van der Waals surface area contributed by atoms with E-state index in [1.165, 1.54) is 9.47 Å². The fourth-order valence-electron chi connectivity index (χ4n) is 4.27. The summed E-state index contributed by atoms with van der Waals surface area (Å²) in [7, 11) is 0. The van der Waals surface area contributed by atoms with Crippen LogP contribution in [0.2, 0.25) is 0 Å². The number of carboxylic acid groups (broad SMARTS) is 1. The Morgan fingerprint density at radius 1 is 1.30 bits per heavy atom. The lowest BCUT2D eigenvalue weighted by Gasteiger charge is -2.27. The van der Waals surface area contributed by atoms with Crippen LogP contribution in [0.4, 0.5) is 23.2 Å². The topological polar surface area (TPSA) is 88.6 Å². The molecule has 6 nitrogen and oxygen atoms in total. The van der Waals surface area contributed by atoms with Gasteiger partial charge >= 0.3 is 12.1 Å². The first kappa shape index (κ1) is 20.6. The van der Waals surface area contributed by atoms with Gasteiger partial charge in [0.25, 0.3) is 0 Å². The Kier molecular flexibility index (Phi) is 4.80. The Balaban J connectivity index is 2.06. The number of halogens is 4. The van der Waals surface area contributed by atoms with Crippen molar-refractivity contribution in [2.24, 2.45) is 11.7 Å². The summed E-state index contributed by atoms with van der Waals surface area (Å²) in [6.45, 7) is 2.14. The lowest BCUT2D eigenvalue weighted by molar-refractivity contribution is -0.136. The molecule has 2 atom stereocenters. The Hall–Kier alpha value is -2.62. The third-order valence-electron chi connectivity index (χ3n) is 5.98. The van der Waals surface area contributed by atoms with Gasteiger partial charge in [0, 0.05) is 31.4 Å². The number of anilines is 1. The molecule has 1 aliphatic heterocycles. The zero-order chi connectivity index (χ0) is 22.0. The van der Waals surface area contributed by atoms with E-state index >= 15 is 4.39 Å². The molecule has 1 aromatic carbocycles. The van der Waals surface area contributed by atoms with Crippen LogP contribution < -0.4 is 16.1 Å². The summed E-state index contributed by atoms with van der Waals surface area (Å²) in [6, 6.07) is 0.129. The normalized spacial score (nSPS) is 20.7. The second kappa shape index (κ2) is 6.97. The summed E-state index contributed by atoms with van der Waals surface area (Å²) >= 11 is 0. The number of alkyl halides is 3. The molecular formula is C20H21F4N3O3. The summed E-state index contributed by atoms with van der Waals surface area (Å²) in [5.41, 5.74) is 1.79. The summed E-state index contributed by atoms with van der Waals surface area (Å²) in [6.07, 6.45) is -2.36. The number of aromatic nitrogens is 1. The van der Waals surface area contributed by atoms with E-state index in [-0.39, 0.29) is 31.1 Å². The number of benzene rings is 1. The zero-order valence-electron chi connectivity index (χ0n) is 16.2. The standard InChI is InChI=1S/C20H21F4N3O3/c1-9(25)10-4-5-26(7-10)17-14(21)6-12-16(15(17)20(22,23)24)27(11-2-3-11)8-13(18(12)28)19(29)30/h6,8-11H,2-5,7,25H2,1H3,(H,29,30)/t9-,10-/m1/s1. The van der Waals surface area contributed by atoms with Crippen LogP contribution in [0.5, 0.6) is 0 Å². The number of carboxylic acids is 1. The molecule has 2 heterocycles. The van der Waals surface area contributed by atoms with Gasteiger partial charge in [0.2, 0.25) is 5.43 Å². The number of hydrogen-bond acceptors (Lipinski definition) is 4. The van der Waals surface area contributed by atoms with Gasteiger partial charge in [0.05, 0.1) is 16.6 Å². The van der Waals surface area contributed by atoms with Crippen molar-refractivity contribution in [1.29, 1.82) is 0 Å². The molecule has 0 radical (unpaired) electrons. The van der Waals surface area contributed by atoms with Crippen molar-refractivity contribution in [3.8, 4) is 0 Å². The minimum atomic E-state index is -4.95. The third-order valence-corrected chi connectivity index (χ3v) is 5.98. The Morgan fingerprint density at radius 2 is 1.97 bits per heavy atom. The fraction of sp³-hybridized carbons (Fsp3) is 0.500. The van der Waals surface area contributed by atoms with E-state index in [4.69, 9.17) is 5.73 Å². The molecule has 162 valence electrons. The van der Waals surface area contributed by atoms with Crippen molar-refractivity contribution < 1.29 is 27.5 Å². The van der Waals surface area contributed by atoms with Gasteiger partial charge in [-0.2, -0.15) is 13.2 Å². The van der Waals surface area contributed by atoms with Crippen LogP contribution in [0.1, 0.15) is 48.1 Å². The van der Waals surface area contributed by atoms with Crippen molar-refractivity contribution in [3.05, 3.63) is 39.4 Å². The molecule has 2 aliphatic rings. The molecule has 0 amide bonds. The van der Waals surface area contributed by atoms with Crippen molar-refractivity contribution in [2.75, 3.05) is 18.0 Å². The van der Waals surface area contributed by atoms with Crippen LogP contribution >= 0.6 is 0 Å².